The smallest absolute Gasteiger partial charge is 0.272 e. The minimum Gasteiger partial charge on any atom is -0.353 e. The molecule has 2 aliphatic rings. The third-order valence-corrected chi connectivity index (χ3v) is 9.44. The molecule has 2 fully saturated rings. The molecule has 0 spiro atoms. The molecule has 14 heteroatoms. The van der Waals surface area contributed by atoms with Gasteiger partial charge in [-0.2, -0.15) is 0 Å². The molecule has 5 atom stereocenters. The van der Waals surface area contributed by atoms with Gasteiger partial charge in [-0.25, -0.2) is 13.8 Å². The summed E-state index contributed by atoms with van der Waals surface area (Å²) in [6.07, 6.45) is 9.20. The van der Waals surface area contributed by atoms with Crippen molar-refractivity contribution in [3.05, 3.63) is 24.3 Å². The number of carbonyl (C=O) groups excluding carboxylic acids is 5. The quantitative estimate of drug-likeness (QED) is 0.169. The molecule has 53 heavy (non-hydrogen) atoms. The van der Waals surface area contributed by atoms with E-state index >= 15 is 0 Å². The summed E-state index contributed by atoms with van der Waals surface area (Å²) in [7, 11) is 0. The maximum absolute atomic E-state index is 14.5. The second-order valence-corrected chi connectivity index (χ2v) is 15.3. The normalized spacial score (nSPS) is 17.1. The lowest BCUT2D eigenvalue weighted by Crippen LogP contribution is -2.62. The van der Waals surface area contributed by atoms with Crippen LogP contribution >= 0.6 is 0 Å². The average Bonchev–Trinajstić information content (AvgIpc) is 3.77. The number of carbonyl (C=O) groups is 5. The van der Waals surface area contributed by atoms with Crippen LogP contribution in [0, 0.1) is 23.2 Å². The predicted octanol–water partition coefficient (Wildman–Crippen LogP) is 5.67. The number of halogens is 2. The minimum absolute atomic E-state index is 0.0460. The molecule has 0 saturated heterocycles. The van der Waals surface area contributed by atoms with Crippen LogP contribution in [0.1, 0.15) is 138 Å². The Balaban J connectivity index is 0.00000219. The van der Waals surface area contributed by atoms with Crippen molar-refractivity contribution in [2.24, 2.45) is 23.2 Å². The fraction of sp³-hybridized carbons (Fsp3) is 0.769. The van der Waals surface area contributed by atoms with Gasteiger partial charge in [0.2, 0.25) is 30.1 Å². The van der Waals surface area contributed by atoms with Gasteiger partial charge in [-0.15, -0.1) is 0 Å². The molecule has 4 N–H and O–H groups in total. The van der Waals surface area contributed by atoms with E-state index in [0.717, 1.165) is 45.4 Å². The summed E-state index contributed by atoms with van der Waals surface area (Å²) in [5, 5.41) is 11.9. The SMILES string of the molecule is CC.CC(F)F.CCC(NC(=O)C(C)N(CC1CCCC1)C(=O)C(NC(=O)[C@@H](NC(=O)c1cnccn1)C(C)C)C(C)(C)C)C(CC)C(=O)NC1CC1. The zero-order valence-electron chi connectivity index (χ0n) is 33.9. The Bertz CT molecular complexity index is 1280. The molecule has 0 aromatic carbocycles. The first kappa shape index (κ1) is 47.3. The van der Waals surface area contributed by atoms with Gasteiger partial charge < -0.3 is 26.2 Å². The zero-order valence-corrected chi connectivity index (χ0v) is 33.9. The Morgan fingerprint density at radius 3 is 1.89 bits per heavy atom. The summed E-state index contributed by atoms with van der Waals surface area (Å²) in [6, 6.07) is -2.90. The first-order chi connectivity index (χ1) is 24.9. The van der Waals surface area contributed by atoms with E-state index in [1.165, 1.54) is 18.6 Å². The Morgan fingerprint density at radius 1 is 0.849 bits per heavy atom. The van der Waals surface area contributed by atoms with Crippen molar-refractivity contribution in [2.45, 2.75) is 164 Å². The number of rotatable bonds is 16. The minimum atomic E-state index is -2.17. The molecule has 0 radical (unpaired) electrons. The number of nitrogens with one attached hydrogen (secondary N) is 4. The maximum atomic E-state index is 14.5. The third kappa shape index (κ3) is 16.1. The highest BCUT2D eigenvalue weighted by atomic mass is 19.3. The van der Waals surface area contributed by atoms with Crippen molar-refractivity contribution >= 4 is 29.5 Å². The number of nitrogens with zero attached hydrogens (tertiary/aromatic N) is 3. The average molecular weight is 752 g/mol. The Labute approximate surface area is 316 Å². The van der Waals surface area contributed by atoms with Gasteiger partial charge in [-0.05, 0) is 69.6 Å². The summed E-state index contributed by atoms with van der Waals surface area (Å²) in [6.45, 7) is 20.1. The van der Waals surface area contributed by atoms with Crippen LogP contribution in [0.3, 0.4) is 0 Å². The molecular formula is C39H67F2N7O5. The monoisotopic (exact) mass is 752 g/mol. The van der Waals surface area contributed by atoms with Crippen molar-refractivity contribution in [1.82, 2.24) is 36.1 Å². The van der Waals surface area contributed by atoms with Gasteiger partial charge in [0.1, 0.15) is 23.8 Å². The molecule has 2 aliphatic carbocycles. The summed E-state index contributed by atoms with van der Waals surface area (Å²) in [5.41, 5.74) is -0.634. The topological polar surface area (TPSA) is 162 Å². The molecule has 1 heterocycles. The van der Waals surface area contributed by atoms with Gasteiger partial charge in [0.05, 0.1) is 12.1 Å². The van der Waals surface area contributed by atoms with E-state index in [9.17, 15) is 32.8 Å². The Kier molecular flexibility index (Phi) is 20.7. The van der Waals surface area contributed by atoms with E-state index in [4.69, 9.17) is 0 Å². The van der Waals surface area contributed by atoms with Crippen molar-refractivity contribution in [1.29, 1.82) is 0 Å². The molecule has 12 nitrogen and oxygen atoms in total. The fourth-order valence-electron chi connectivity index (χ4n) is 6.24. The van der Waals surface area contributed by atoms with Gasteiger partial charge in [0.15, 0.2) is 0 Å². The Morgan fingerprint density at radius 2 is 1.43 bits per heavy atom. The molecule has 1 aromatic rings. The molecule has 1 aromatic heterocycles. The highest BCUT2D eigenvalue weighted by molar-refractivity contribution is 5.98. The first-order valence-electron chi connectivity index (χ1n) is 19.5. The van der Waals surface area contributed by atoms with E-state index in [2.05, 4.69) is 31.2 Å². The molecular weight excluding hydrogens is 684 g/mol. The molecule has 5 amide bonds. The van der Waals surface area contributed by atoms with E-state index in [1.54, 1.807) is 11.8 Å². The van der Waals surface area contributed by atoms with E-state index in [0.29, 0.717) is 19.4 Å². The molecule has 302 valence electrons. The molecule has 2 saturated carbocycles. The number of hydrogen-bond acceptors (Lipinski definition) is 7. The lowest BCUT2D eigenvalue weighted by Gasteiger charge is -2.39. The van der Waals surface area contributed by atoms with E-state index in [-0.39, 0.29) is 53.3 Å². The van der Waals surface area contributed by atoms with Crippen molar-refractivity contribution < 1.29 is 32.8 Å². The second-order valence-electron chi connectivity index (χ2n) is 15.3. The van der Waals surface area contributed by atoms with Crippen molar-refractivity contribution in [2.75, 3.05) is 6.54 Å². The van der Waals surface area contributed by atoms with Crippen LogP contribution in [-0.2, 0) is 19.2 Å². The third-order valence-electron chi connectivity index (χ3n) is 9.44. The van der Waals surface area contributed by atoms with Crippen LogP contribution < -0.4 is 21.3 Å². The Hall–Kier alpha value is -3.71. The van der Waals surface area contributed by atoms with Crippen LogP contribution in [-0.4, -0.2) is 87.6 Å². The van der Waals surface area contributed by atoms with Gasteiger partial charge in [0, 0.05) is 31.0 Å². The lowest BCUT2D eigenvalue weighted by atomic mass is 9.84. The summed E-state index contributed by atoms with van der Waals surface area (Å²) >= 11 is 0. The van der Waals surface area contributed by atoms with Crippen LogP contribution in [0.5, 0.6) is 0 Å². The van der Waals surface area contributed by atoms with Crippen molar-refractivity contribution in [3.63, 3.8) is 0 Å². The van der Waals surface area contributed by atoms with Crippen LogP contribution in [0.25, 0.3) is 0 Å². The second kappa shape index (κ2) is 23.2. The zero-order chi connectivity index (χ0) is 40.5. The molecule has 0 bridgehead atoms. The highest BCUT2D eigenvalue weighted by Crippen LogP contribution is 2.29. The summed E-state index contributed by atoms with van der Waals surface area (Å²) in [4.78, 5) is 77.6. The van der Waals surface area contributed by atoms with Gasteiger partial charge in [-0.1, -0.05) is 75.2 Å². The summed E-state index contributed by atoms with van der Waals surface area (Å²) in [5.74, 6) is -2.18. The standard InChI is InChI=1S/C35H57N7O5.C2H4F2.C2H6/c1-9-25(31(44)38-24-15-16-24)26(10-2)39-30(43)22(5)42(20-23-13-11-12-14-23)34(47)29(35(6,7)8)41-33(46)28(21(3)4)40-32(45)27-19-36-17-18-37-27;1-2(3)4;1-2/h17-19,21-26,28-29H,9-16,20H2,1-8H3,(H,38,44)(H,39,43)(H,40,45)(H,41,46);2H,1H3;1-2H3/t22?,25?,26?,28-,29?;;/m0../s1. The molecule has 3 rings (SSSR count). The van der Waals surface area contributed by atoms with Gasteiger partial charge >= 0.3 is 0 Å². The van der Waals surface area contributed by atoms with Crippen molar-refractivity contribution in [3.8, 4) is 0 Å². The lowest BCUT2D eigenvalue weighted by molar-refractivity contribution is -0.146. The molecule has 0 aliphatic heterocycles. The van der Waals surface area contributed by atoms with Crippen LogP contribution in [0.2, 0.25) is 0 Å². The maximum Gasteiger partial charge on any atom is 0.272 e. The number of aromatic nitrogens is 2. The number of hydrogen-bond donors (Lipinski definition) is 4. The molecule has 4 unspecified atom stereocenters. The van der Waals surface area contributed by atoms with Gasteiger partial charge in [-0.3, -0.25) is 29.0 Å². The van der Waals surface area contributed by atoms with E-state index in [1.807, 2.05) is 62.3 Å². The largest absolute Gasteiger partial charge is 0.353 e. The predicted molar refractivity (Wildman–Crippen MR) is 203 cm³/mol. The van der Waals surface area contributed by atoms with Crippen LogP contribution in [0.15, 0.2) is 18.6 Å². The highest BCUT2D eigenvalue weighted by Gasteiger charge is 2.42. The van der Waals surface area contributed by atoms with Gasteiger partial charge in [0.25, 0.3) is 5.91 Å². The first-order valence-corrected chi connectivity index (χ1v) is 19.5. The number of amides is 5. The van der Waals surface area contributed by atoms with E-state index < -0.39 is 41.8 Å². The van der Waals surface area contributed by atoms with Crippen LogP contribution in [0.4, 0.5) is 8.78 Å². The number of alkyl halides is 2. The fourth-order valence-corrected chi connectivity index (χ4v) is 6.24. The summed E-state index contributed by atoms with van der Waals surface area (Å²) < 4.78 is 20.7.